The van der Waals surface area contributed by atoms with Gasteiger partial charge in [-0.25, -0.2) is 9.18 Å². The standard InChI is InChI=1S/C11H11BrFNO4/c12-8-2-1-6(13)5-7(8)10(16)14-9(3-4-15)11(17)18/h1-2,5,9,15H,3-4H2,(H,14,16)(H,17,18). The number of hydrogen-bond donors (Lipinski definition) is 3. The maximum absolute atomic E-state index is 13.0. The van der Waals surface area contributed by atoms with E-state index in [0.29, 0.717) is 4.47 Å². The monoisotopic (exact) mass is 319 g/mol. The van der Waals surface area contributed by atoms with Crippen molar-refractivity contribution in [3.8, 4) is 0 Å². The molecule has 5 nitrogen and oxygen atoms in total. The fraction of sp³-hybridized carbons (Fsp3) is 0.273. The second kappa shape index (κ2) is 6.46. The number of hydrogen-bond acceptors (Lipinski definition) is 3. The van der Waals surface area contributed by atoms with Gasteiger partial charge in [0, 0.05) is 17.5 Å². The summed E-state index contributed by atoms with van der Waals surface area (Å²) in [5.41, 5.74) is -0.000750. The molecule has 0 saturated heterocycles. The third kappa shape index (κ3) is 3.78. The highest BCUT2D eigenvalue weighted by Gasteiger charge is 2.21. The zero-order valence-corrected chi connectivity index (χ0v) is 10.8. The minimum atomic E-state index is -1.26. The Balaban J connectivity index is 2.86. The number of nitrogens with one attached hydrogen (secondary N) is 1. The number of halogens is 2. The molecule has 0 aliphatic heterocycles. The fourth-order valence-electron chi connectivity index (χ4n) is 1.29. The predicted octanol–water partition coefficient (Wildman–Crippen LogP) is 1.15. The van der Waals surface area contributed by atoms with Gasteiger partial charge in [0.2, 0.25) is 0 Å². The fourth-order valence-corrected chi connectivity index (χ4v) is 1.72. The second-order valence-corrected chi connectivity index (χ2v) is 4.36. The number of amides is 1. The third-order valence-corrected chi connectivity index (χ3v) is 2.89. The number of carbonyl (C=O) groups is 2. The van der Waals surface area contributed by atoms with E-state index in [1.54, 1.807) is 0 Å². The number of aliphatic hydroxyl groups is 1. The summed E-state index contributed by atoms with van der Waals surface area (Å²) in [5.74, 6) is -2.58. The van der Waals surface area contributed by atoms with E-state index >= 15 is 0 Å². The highest BCUT2D eigenvalue weighted by Crippen LogP contribution is 2.17. The second-order valence-electron chi connectivity index (χ2n) is 3.50. The van der Waals surface area contributed by atoms with Crippen LogP contribution in [0.2, 0.25) is 0 Å². The summed E-state index contributed by atoms with van der Waals surface area (Å²) in [6.45, 7) is -0.373. The van der Waals surface area contributed by atoms with Crippen LogP contribution in [0.5, 0.6) is 0 Å². The van der Waals surface area contributed by atoms with Gasteiger partial charge in [-0.15, -0.1) is 0 Å². The lowest BCUT2D eigenvalue weighted by molar-refractivity contribution is -0.139. The Morgan fingerprint density at radius 3 is 2.67 bits per heavy atom. The molecule has 1 atom stereocenters. The molecule has 18 heavy (non-hydrogen) atoms. The number of aliphatic hydroxyl groups excluding tert-OH is 1. The first-order valence-corrected chi connectivity index (χ1v) is 5.84. The van der Waals surface area contributed by atoms with Crippen LogP contribution in [0.3, 0.4) is 0 Å². The number of carbonyl (C=O) groups excluding carboxylic acids is 1. The Bertz CT molecular complexity index is 466. The Hall–Kier alpha value is -1.47. The molecule has 7 heteroatoms. The van der Waals surface area contributed by atoms with Crippen molar-refractivity contribution < 1.29 is 24.2 Å². The van der Waals surface area contributed by atoms with Crippen LogP contribution in [0.15, 0.2) is 22.7 Å². The summed E-state index contributed by atoms with van der Waals surface area (Å²) in [4.78, 5) is 22.6. The van der Waals surface area contributed by atoms with E-state index in [1.165, 1.54) is 12.1 Å². The molecule has 1 aromatic rings. The predicted molar refractivity (Wildman–Crippen MR) is 64.7 cm³/mol. The van der Waals surface area contributed by atoms with E-state index in [0.717, 1.165) is 6.07 Å². The quantitative estimate of drug-likeness (QED) is 0.760. The minimum absolute atomic E-state index is 0.000750. The third-order valence-electron chi connectivity index (χ3n) is 2.19. The lowest BCUT2D eigenvalue weighted by Gasteiger charge is -2.13. The van der Waals surface area contributed by atoms with E-state index in [4.69, 9.17) is 10.2 Å². The molecule has 98 valence electrons. The number of rotatable bonds is 5. The number of aliphatic carboxylic acids is 1. The molecular weight excluding hydrogens is 309 g/mol. The van der Waals surface area contributed by atoms with Crippen LogP contribution in [0.4, 0.5) is 4.39 Å². The van der Waals surface area contributed by atoms with Crippen LogP contribution in [0.1, 0.15) is 16.8 Å². The number of carboxylic acids is 1. The first-order chi connectivity index (χ1) is 8.45. The summed E-state index contributed by atoms with van der Waals surface area (Å²) in [6.07, 6.45) is -0.117. The van der Waals surface area contributed by atoms with Crippen LogP contribution < -0.4 is 5.32 Å². The molecule has 1 aromatic carbocycles. The molecular formula is C11H11BrFNO4. The molecule has 0 aliphatic carbocycles. The van der Waals surface area contributed by atoms with Gasteiger partial charge in [-0.2, -0.15) is 0 Å². The number of benzene rings is 1. The van der Waals surface area contributed by atoms with Crippen molar-refractivity contribution in [2.75, 3.05) is 6.61 Å². The molecule has 0 fully saturated rings. The van der Waals surface area contributed by atoms with Crippen LogP contribution in [0, 0.1) is 5.82 Å². The topological polar surface area (TPSA) is 86.6 Å². The van der Waals surface area contributed by atoms with E-state index < -0.39 is 23.7 Å². The molecule has 1 rings (SSSR count). The van der Waals surface area contributed by atoms with Crippen molar-refractivity contribution in [1.29, 1.82) is 0 Å². The average Bonchev–Trinajstić information content (AvgIpc) is 2.31. The number of carboxylic acid groups (broad SMARTS) is 1. The molecule has 1 amide bonds. The summed E-state index contributed by atoms with van der Waals surface area (Å²) in [6, 6.07) is 2.31. The first-order valence-electron chi connectivity index (χ1n) is 5.05. The summed E-state index contributed by atoms with van der Waals surface area (Å²) in [5, 5.41) is 19.7. The summed E-state index contributed by atoms with van der Waals surface area (Å²) in [7, 11) is 0. The summed E-state index contributed by atoms with van der Waals surface area (Å²) >= 11 is 3.07. The minimum Gasteiger partial charge on any atom is -0.480 e. The van der Waals surface area contributed by atoms with Crippen molar-refractivity contribution in [2.24, 2.45) is 0 Å². The SMILES string of the molecule is O=C(NC(CCO)C(=O)O)c1cc(F)ccc1Br. The van der Waals surface area contributed by atoms with Crippen LogP contribution in [-0.2, 0) is 4.79 Å². The molecule has 0 saturated carbocycles. The Morgan fingerprint density at radius 1 is 1.44 bits per heavy atom. The molecule has 3 N–H and O–H groups in total. The maximum atomic E-state index is 13.0. The molecule has 1 unspecified atom stereocenters. The lowest BCUT2D eigenvalue weighted by Crippen LogP contribution is -2.41. The molecule has 0 radical (unpaired) electrons. The van der Waals surface area contributed by atoms with Gasteiger partial charge in [0.25, 0.3) is 5.91 Å². The van der Waals surface area contributed by atoms with Crippen molar-refractivity contribution in [1.82, 2.24) is 5.32 Å². The van der Waals surface area contributed by atoms with E-state index in [1.807, 2.05) is 0 Å². The molecule has 0 heterocycles. The lowest BCUT2D eigenvalue weighted by atomic mass is 10.1. The van der Waals surface area contributed by atoms with Crippen LogP contribution in [-0.4, -0.2) is 34.7 Å². The van der Waals surface area contributed by atoms with Crippen molar-refractivity contribution in [3.05, 3.63) is 34.1 Å². The molecule has 0 spiro atoms. The van der Waals surface area contributed by atoms with E-state index in [9.17, 15) is 14.0 Å². The normalized spacial score (nSPS) is 11.9. The van der Waals surface area contributed by atoms with Gasteiger partial charge in [0.15, 0.2) is 0 Å². The zero-order valence-electron chi connectivity index (χ0n) is 9.19. The highest BCUT2D eigenvalue weighted by molar-refractivity contribution is 9.10. The molecule has 0 bridgehead atoms. The van der Waals surface area contributed by atoms with Gasteiger partial charge >= 0.3 is 5.97 Å². The van der Waals surface area contributed by atoms with Gasteiger partial charge in [-0.05, 0) is 34.1 Å². The smallest absolute Gasteiger partial charge is 0.326 e. The van der Waals surface area contributed by atoms with E-state index in [-0.39, 0.29) is 18.6 Å². The largest absolute Gasteiger partial charge is 0.480 e. The van der Waals surface area contributed by atoms with Gasteiger partial charge in [-0.3, -0.25) is 4.79 Å². The Morgan fingerprint density at radius 2 is 2.11 bits per heavy atom. The van der Waals surface area contributed by atoms with Gasteiger partial charge in [0.1, 0.15) is 11.9 Å². The summed E-state index contributed by atoms with van der Waals surface area (Å²) < 4.78 is 13.4. The van der Waals surface area contributed by atoms with Crippen LogP contribution >= 0.6 is 15.9 Å². The van der Waals surface area contributed by atoms with Gasteiger partial charge in [-0.1, -0.05) is 0 Å². The van der Waals surface area contributed by atoms with Crippen molar-refractivity contribution in [2.45, 2.75) is 12.5 Å². The Kier molecular flexibility index (Phi) is 5.24. The van der Waals surface area contributed by atoms with Crippen LogP contribution in [0.25, 0.3) is 0 Å². The van der Waals surface area contributed by atoms with Gasteiger partial charge in [0.05, 0.1) is 5.56 Å². The van der Waals surface area contributed by atoms with Gasteiger partial charge < -0.3 is 15.5 Å². The zero-order chi connectivity index (χ0) is 13.7. The first kappa shape index (κ1) is 14.6. The molecule has 0 aromatic heterocycles. The Labute approximate surface area is 111 Å². The van der Waals surface area contributed by atoms with E-state index in [2.05, 4.69) is 21.2 Å². The van der Waals surface area contributed by atoms with Crippen molar-refractivity contribution >= 4 is 27.8 Å². The average molecular weight is 320 g/mol. The highest BCUT2D eigenvalue weighted by atomic mass is 79.9. The molecule has 0 aliphatic rings. The maximum Gasteiger partial charge on any atom is 0.326 e. The van der Waals surface area contributed by atoms with Crippen molar-refractivity contribution in [3.63, 3.8) is 0 Å².